The van der Waals surface area contributed by atoms with Crippen molar-refractivity contribution in [2.24, 2.45) is 0 Å². The lowest BCUT2D eigenvalue weighted by atomic mass is 10.0. The van der Waals surface area contributed by atoms with Crippen molar-refractivity contribution in [3.8, 4) is 11.5 Å². The maximum Gasteiger partial charge on any atom is 0.162 e. The number of halogens is 1. The smallest absolute Gasteiger partial charge is 0.162 e. The van der Waals surface area contributed by atoms with Gasteiger partial charge in [-0.2, -0.15) is 0 Å². The molecule has 1 aromatic rings. The number of benzene rings is 1. The summed E-state index contributed by atoms with van der Waals surface area (Å²) in [4.78, 5) is 0. The predicted octanol–water partition coefficient (Wildman–Crippen LogP) is 4.44. The van der Waals surface area contributed by atoms with E-state index in [1.54, 1.807) is 6.07 Å². The van der Waals surface area contributed by atoms with Gasteiger partial charge in [0.2, 0.25) is 0 Å². The molecule has 0 unspecified atom stereocenters. The first-order valence-electron chi connectivity index (χ1n) is 6.33. The van der Waals surface area contributed by atoms with Crippen molar-refractivity contribution in [3.05, 3.63) is 22.2 Å². The molecule has 2 nitrogen and oxygen atoms in total. The van der Waals surface area contributed by atoms with Crippen LogP contribution in [-0.2, 0) is 12.8 Å². The largest absolute Gasteiger partial charge is 0.504 e. The van der Waals surface area contributed by atoms with Crippen LogP contribution in [0, 0.1) is 0 Å². The molecule has 96 valence electrons. The molecule has 0 aromatic heterocycles. The van der Waals surface area contributed by atoms with E-state index in [-0.39, 0.29) is 11.5 Å². The first-order valence-corrected chi connectivity index (χ1v) is 6.71. The summed E-state index contributed by atoms with van der Waals surface area (Å²) in [6.45, 7) is 4.18. The van der Waals surface area contributed by atoms with E-state index in [1.165, 1.54) is 0 Å². The number of hydrogen-bond donors (Lipinski definition) is 2. The fourth-order valence-electron chi connectivity index (χ4n) is 1.87. The molecule has 2 N–H and O–H groups in total. The molecule has 0 heterocycles. The van der Waals surface area contributed by atoms with Crippen molar-refractivity contribution in [2.75, 3.05) is 0 Å². The highest BCUT2D eigenvalue weighted by atomic mass is 35.5. The van der Waals surface area contributed by atoms with E-state index in [4.69, 9.17) is 11.6 Å². The highest BCUT2D eigenvalue weighted by Gasteiger charge is 2.15. The zero-order valence-electron chi connectivity index (χ0n) is 10.6. The predicted molar refractivity (Wildman–Crippen MR) is 72.0 cm³/mol. The molecule has 3 heteroatoms. The zero-order valence-corrected chi connectivity index (χ0v) is 11.3. The second-order valence-electron chi connectivity index (χ2n) is 4.40. The molecule has 17 heavy (non-hydrogen) atoms. The minimum absolute atomic E-state index is 0.00829. The van der Waals surface area contributed by atoms with Gasteiger partial charge in [-0.15, -0.1) is 0 Å². The molecule has 1 aromatic carbocycles. The number of unbranched alkanes of at least 4 members (excludes halogenated alkanes) is 2. The summed E-state index contributed by atoms with van der Waals surface area (Å²) in [7, 11) is 0. The summed E-state index contributed by atoms with van der Waals surface area (Å²) in [5.41, 5.74) is 1.42. The molecule has 0 amide bonds. The van der Waals surface area contributed by atoms with E-state index < -0.39 is 0 Å². The Morgan fingerprint density at radius 3 is 2.18 bits per heavy atom. The van der Waals surface area contributed by atoms with Gasteiger partial charge in [-0.05, 0) is 37.3 Å². The highest BCUT2D eigenvalue weighted by Crippen LogP contribution is 2.39. The molecule has 0 saturated heterocycles. The Labute approximate surface area is 108 Å². The number of aryl methyl sites for hydroxylation is 1. The maximum atomic E-state index is 9.95. The summed E-state index contributed by atoms with van der Waals surface area (Å²) in [5, 5.41) is 20.4. The van der Waals surface area contributed by atoms with E-state index in [2.05, 4.69) is 13.8 Å². The lowest BCUT2D eigenvalue weighted by Crippen LogP contribution is -1.93. The van der Waals surface area contributed by atoms with Crippen molar-refractivity contribution >= 4 is 11.6 Å². The molecule has 0 atom stereocenters. The molecule has 0 saturated carbocycles. The zero-order chi connectivity index (χ0) is 12.8. The number of hydrogen-bond acceptors (Lipinski definition) is 2. The summed E-state index contributed by atoms with van der Waals surface area (Å²) in [5.74, 6) is -0.0222. The van der Waals surface area contributed by atoms with Crippen LogP contribution in [0.2, 0.25) is 5.02 Å². The molecule has 0 aliphatic rings. The molecule has 1 rings (SSSR count). The number of aromatic hydroxyl groups is 2. The van der Waals surface area contributed by atoms with Crippen molar-refractivity contribution < 1.29 is 10.2 Å². The molecule has 0 fully saturated rings. The van der Waals surface area contributed by atoms with Gasteiger partial charge in [0.25, 0.3) is 0 Å². The van der Waals surface area contributed by atoms with Gasteiger partial charge in [-0.3, -0.25) is 0 Å². The number of rotatable bonds is 6. The van der Waals surface area contributed by atoms with Crippen LogP contribution < -0.4 is 0 Å². The standard InChI is InChI=1S/C14H21ClO2/c1-3-5-7-10-9-12(15)11(8-6-4-2)14(17)13(10)16/h9,16-17H,3-8H2,1-2H3. The monoisotopic (exact) mass is 256 g/mol. The van der Waals surface area contributed by atoms with Crippen LogP contribution in [0.4, 0.5) is 0 Å². The van der Waals surface area contributed by atoms with Gasteiger partial charge in [-0.25, -0.2) is 0 Å². The number of phenolic OH excluding ortho intramolecular Hbond substituents is 2. The average molecular weight is 257 g/mol. The van der Waals surface area contributed by atoms with E-state index in [0.717, 1.165) is 37.7 Å². The van der Waals surface area contributed by atoms with Crippen LogP contribution >= 0.6 is 11.6 Å². The van der Waals surface area contributed by atoms with E-state index in [9.17, 15) is 10.2 Å². The second kappa shape index (κ2) is 6.75. The third-order valence-corrected chi connectivity index (χ3v) is 3.32. The second-order valence-corrected chi connectivity index (χ2v) is 4.81. The molecular weight excluding hydrogens is 236 g/mol. The maximum absolute atomic E-state index is 9.95. The van der Waals surface area contributed by atoms with Gasteiger partial charge in [-0.1, -0.05) is 38.3 Å². The van der Waals surface area contributed by atoms with Crippen LogP contribution in [0.1, 0.15) is 50.7 Å². The Balaban J connectivity index is 2.99. The van der Waals surface area contributed by atoms with Crippen LogP contribution in [0.15, 0.2) is 6.07 Å². The summed E-state index contributed by atoms with van der Waals surface area (Å²) >= 11 is 6.15. The SMILES string of the molecule is CCCCc1cc(Cl)c(CCCC)c(O)c1O. The van der Waals surface area contributed by atoms with Crippen LogP contribution in [0.25, 0.3) is 0 Å². The Morgan fingerprint density at radius 2 is 1.59 bits per heavy atom. The summed E-state index contributed by atoms with van der Waals surface area (Å²) in [6.07, 6.45) is 5.49. The lowest BCUT2D eigenvalue weighted by molar-refractivity contribution is 0.394. The Bertz CT molecular complexity index is 375. The first kappa shape index (κ1) is 14.2. The Hall–Kier alpha value is -0.890. The first-order chi connectivity index (χ1) is 8.11. The summed E-state index contributed by atoms with van der Waals surface area (Å²) < 4.78 is 0. The lowest BCUT2D eigenvalue weighted by Gasteiger charge is -2.12. The molecule has 0 aliphatic heterocycles. The van der Waals surface area contributed by atoms with Crippen LogP contribution in [-0.4, -0.2) is 10.2 Å². The van der Waals surface area contributed by atoms with Gasteiger partial charge in [0.1, 0.15) is 0 Å². The molecular formula is C14H21ClO2. The van der Waals surface area contributed by atoms with Crippen molar-refractivity contribution in [1.82, 2.24) is 0 Å². The third kappa shape index (κ3) is 3.53. The van der Waals surface area contributed by atoms with Crippen LogP contribution in [0.3, 0.4) is 0 Å². The van der Waals surface area contributed by atoms with E-state index >= 15 is 0 Å². The fourth-order valence-corrected chi connectivity index (χ4v) is 2.18. The highest BCUT2D eigenvalue weighted by molar-refractivity contribution is 6.31. The van der Waals surface area contributed by atoms with Crippen molar-refractivity contribution in [1.29, 1.82) is 0 Å². The number of phenols is 2. The molecule has 0 bridgehead atoms. The normalized spacial score (nSPS) is 10.8. The topological polar surface area (TPSA) is 40.5 Å². The minimum atomic E-state index is -0.0305. The Kier molecular flexibility index (Phi) is 5.63. The average Bonchev–Trinajstić information content (AvgIpc) is 2.32. The quantitative estimate of drug-likeness (QED) is 0.739. The van der Waals surface area contributed by atoms with Crippen molar-refractivity contribution in [3.63, 3.8) is 0 Å². The van der Waals surface area contributed by atoms with Gasteiger partial charge in [0.15, 0.2) is 11.5 Å². The van der Waals surface area contributed by atoms with Gasteiger partial charge < -0.3 is 10.2 Å². The fraction of sp³-hybridized carbons (Fsp3) is 0.571. The third-order valence-electron chi connectivity index (χ3n) is 2.98. The molecule has 0 spiro atoms. The van der Waals surface area contributed by atoms with E-state index in [0.29, 0.717) is 17.0 Å². The van der Waals surface area contributed by atoms with E-state index in [1.807, 2.05) is 0 Å². The van der Waals surface area contributed by atoms with Gasteiger partial charge in [0, 0.05) is 10.6 Å². The Morgan fingerprint density at radius 1 is 1.00 bits per heavy atom. The van der Waals surface area contributed by atoms with Crippen LogP contribution in [0.5, 0.6) is 11.5 Å². The summed E-state index contributed by atoms with van der Waals surface area (Å²) in [6, 6.07) is 1.79. The minimum Gasteiger partial charge on any atom is -0.504 e. The van der Waals surface area contributed by atoms with Gasteiger partial charge >= 0.3 is 0 Å². The van der Waals surface area contributed by atoms with Crippen molar-refractivity contribution in [2.45, 2.75) is 52.4 Å². The van der Waals surface area contributed by atoms with Gasteiger partial charge in [0.05, 0.1) is 0 Å². The molecule has 0 radical (unpaired) electrons. The molecule has 0 aliphatic carbocycles.